The first-order valence-electron chi connectivity index (χ1n) is 6.25. The van der Waals surface area contributed by atoms with E-state index in [0.717, 1.165) is 23.5 Å². The molecule has 0 atom stereocenters. The van der Waals surface area contributed by atoms with E-state index in [0.29, 0.717) is 6.54 Å². The van der Waals surface area contributed by atoms with E-state index in [2.05, 4.69) is 10.8 Å². The molecule has 0 fully saturated rings. The number of carbonyl (C=O) groups is 4. The Morgan fingerprint density at radius 1 is 1.20 bits per heavy atom. The second-order valence-corrected chi connectivity index (χ2v) is 4.08. The topological polar surface area (TPSA) is 105 Å². The molecule has 20 heavy (non-hydrogen) atoms. The van der Waals surface area contributed by atoms with Gasteiger partial charge in [-0.15, -0.1) is 0 Å². The van der Waals surface area contributed by atoms with E-state index in [9.17, 15) is 19.2 Å². The Morgan fingerprint density at radius 3 is 2.45 bits per heavy atom. The Kier molecular flexibility index (Phi) is 6.38. The summed E-state index contributed by atoms with van der Waals surface area (Å²) in [5.41, 5.74) is 2.07. The molecule has 0 unspecified atom stereocenters. The molecular weight excluding hydrogens is 266 g/mol. The van der Waals surface area contributed by atoms with E-state index in [1.807, 2.05) is 6.92 Å². The van der Waals surface area contributed by atoms with Crippen LogP contribution in [0.4, 0.5) is 0 Å². The molecule has 0 spiro atoms. The van der Waals surface area contributed by atoms with Gasteiger partial charge in [0.2, 0.25) is 11.8 Å². The van der Waals surface area contributed by atoms with Crippen LogP contribution in [0.25, 0.3) is 0 Å². The highest BCUT2D eigenvalue weighted by molar-refractivity contribution is 6.13. The molecule has 0 aliphatic carbocycles. The molecule has 2 N–H and O–H groups in total. The van der Waals surface area contributed by atoms with Gasteiger partial charge in [-0.3, -0.25) is 28.9 Å². The van der Waals surface area contributed by atoms with Gasteiger partial charge in [0, 0.05) is 31.7 Å². The maximum atomic E-state index is 11.4. The summed E-state index contributed by atoms with van der Waals surface area (Å²) in [6, 6.07) is 0. The highest BCUT2D eigenvalue weighted by atomic mass is 16.7. The predicted molar refractivity (Wildman–Crippen MR) is 67.9 cm³/mol. The van der Waals surface area contributed by atoms with E-state index in [1.54, 1.807) is 0 Å². The lowest BCUT2D eigenvalue weighted by Crippen LogP contribution is -2.36. The van der Waals surface area contributed by atoms with Crippen molar-refractivity contribution in [1.29, 1.82) is 0 Å². The molecule has 110 valence electrons. The van der Waals surface area contributed by atoms with Gasteiger partial charge in [-0.05, 0) is 6.42 Å². The second kappa shape index (κ2) is 8.05. The molecule has 0 bridgehead atoms. The maximum Gasteiger partial charge on any atom is 0.253 e. The summed E-state index contributed by atoms with van der Waals surface area (Å²) in [4.78, 5) is 50.6. The third-order valence-electron chi connectivity index (χ3n) is 2.42. The number of hydrogen-bond acceptors (Lipinski definition) is 5. The van der Waals surface area contributed by atoms with Gasteiger partial charge in [0.1, 0.15) is 0 Å². The van der Waals surface area contributed by atoms with Gasteiger partial charge < -0.3 is 5.32 Å². The fourth-order valence-electron chi connectivity index (χ4n) is 1.41. The van der Waals surface area contributed by atoms with Crippen LogP contribution in [0.15, 0.2) is 12.2 Å². The van der Waals surface area contributed by atoms with Crippen LogP contribution in [0, 0.1) is 0 Å². The first kappa shape index (κ1) is 15.8. The van der Waals surface area contributed by atoms with Crippen LogP contribution < -0.4 is 10.8 Å². The zero-order chi connectivity index (χ0) is 15.0. The van der Waals surface area contributed by atoms with Crippen molar-refractivity contribution in [2.24, 2.45) is 0 Å². The lowest BCUT2D eigenvalue weighted by atomic mass is 10.4. The first-order chi connectivity index (χ1) is 9.54. The molecule has 8 nitrogen and oxygen atoms in total. The molecule has 0 aromatic carbocycles. The zero-order valence-electron chi connectivity index (χ0n) is 11.2. The highest BCUT2D eigenvalue weighted by Gasteiger charge is 2.23. The van der Waals surface area contributed by atoms with Gasteiger partial charge in [0.15, 0.2) is 6.61 Å². The number of carbonyl (C=O) groups excluding carboxylic acids is 4. The molecular formula is C12H17N3O5. The molecule has 4 amide bonds. The van der Waals surface area contributed by atoms with Gasteiger partial charge in [-0.1, -0.05) is 6.92 Å². The smallest absolute Gasteiger partial charge is 0.253 e. The summed E-state index contributed by atoms with van der Waals surface area (Å²) >= 11 is 0. The quantitative estimate of drug-likeness (QED) is 0.433. The molecule has 1 heterocycles. The zero-order valence-corrected chi connectivity index (χ0v) is 11.2. The Hall–Kier alpha value is -2.22. The van der Waals surface area contributed by atoms with Crippen LogP contribution in [-0.4, -0.2) is 48.2 Å². The fourth-order valence-corrected chi connectivity index (χ4v) is 1.41. The molecule has 0 aromatic heterocycles. The summed E-state index contributed by atoms with van der Waals surface area (Å²) in [6.45, 7) is 2.15. The Bertz CT molecular complexity index is 415. The number of nitrogens with one attached hydrogen (secondary N) is 2. The van der Waals surface area contributed by atoms with Crippen molar-refractivity contribution in [2.75, 3.05) is 19.7 Å². The van der Waals surface area contributed by atoms with Crippen molar-refractivity contribution in [1.82, 2.24) is 15.7 Å². The summed E-state index contributed by atoms with van der Waals surface area (Å²) < 4.78 is 0. The van der Waals surface area contributed by atoms with Crippen molar-refractivity contribution in [3.05, 3.63) is 12.2 Å². The van der Waals surface area contributed by atoms with Crippen LogP contribution in [0.2, 0.25) is 0 Å². The number of nitrogens with zero attached hydrogens (tertiary/aromatic N) is 1. The Balaban J connectivity index is 2.13. The van der Waals surface area contributed by atoms with Gasteiger partial charge in [0.05, 0.1) is 0 Å². The highest BCUT2D eigenvalue weighted by Crippen LogP contribution is 2.03. The molecule has 8 heteroatoms. The summed E-state index contributed by atoms with van der Waals surface area (Å²) in [5, 5.41) is 2.57. The Labute approximate surface area is 116 Å². The molecule has 1 rings (SSSR count). The van der Waals surface area contributed by atoms with Gasteiger partial charge in [0.25, 0.3) is 11.8 Å². The van der Waals surface area contributed by atoms with Crippen LogP contribution in [0.1, 0.15) is 19.8 Å². The lowest BCUT2D eigenvalue weighted by molar-refractivity contribution is -0.140. The van der Waals surface area contributed by atoms with Crippen molar-refractivity contribution in [2.45, 2.75) is 19.8 Å². The van der Waals surface area contributed by atoms with Crippen molar-refractivity contribution < 1.29 is 24.0 Å². The van der Waals surface area contributed by atoms with Crippen LogP contribution >= 0.6 is 0 Å². The number of hydroxylamine groups is 1. The van der Waals surface area contributed by atoms with Gasteiger partial charge >= 0.3 is 0 Å². The molecule has 1 aliphatic rings. The minimum Gasteiger partial charge on any atom is -0.354 e. The third-order valence-corrected chi connectivity index (χ3v) is 2.42. The summed E-state index contributed by atoms with van der Waals surface area (Å²) in [7, 11) is 0. The normalized spacial score (nSPS) is 13.8. The van der Waals surface area contributed by atoms with Crippen LogP contribution in [0.3, 0.4) is 0 Å². The molecule has 0 radical (unpaired) electrons. The maximum absolute atomic E-state index is 11.4. The van der Waals surface area contributed by atoms with Crippen molar-refractivity contribution >= 4 is 23.6 Å². The molecule has 0 saturated heterocycles. The average Bonchev–Trinajstić information content (AvgIpc) is 2.73. The summed E-state index contributed by atoms with van der Waals surface area (Å²) in [5.74, 6) is -1.73. The van der Waals surface area contributed by atoms with Crippen LogP contribution in [0.5, 0.6) is 0 Å². The van der Waals surface area contributed by atoms with Gasteiger partial charge in [-0.25, -0.2) is 5.48 Å². The van der Waals surface area contributed by atoms with E-state index < -0.39 is 17.7 Å². The van der Waals surface area contributed by atoms with E-state index >= 15 is 0 Å². The number of imide groups is 1. The Morgan fingerprint density at radius 2 is 1.85 bits per heavy atom. The van der Waals surface area contributed by atoms with E-state index in [1.165, 1.54) is 0 Å². The van der Waals surface area contributed by atoms with Crippen molar-refractivity contribution in [3.63, 3.8) is 0 Å². The number of rotatable bonds is 8. The molecule has 0 saturated carbocycles. The van der Waals surface area contributed by atoms with E-state index in [-0.39, 0.29) is 25.5 Å². The fraction of sp³-hybridized carbons (Fsp3) is 0.500. The standard InChI is InChI=1S/C12H17N3O5/c1-2-6-13-10(17)8-20-14-9(16)5-7-15-11(18)3-4-12(15)19/h3-4H,2,5-8H2,1H3,(H,13,17)(H,14,16). The minimum atomic E-state index is -0.513. The van der Waals surface area contributed by atoms with Crippen LogP contribution in [-0.2, 0) is 24.0 Å². The largest absolute Gasteiger partial charge is 0.354 e. The van der Waals surface area contributed by atoms with Gasteiger partial charge in [-0.2, -0.15) is 0 Å². The molecule has 1 aliphatic heterocycles. The summed E-state index contributed by atoms with van der Waals surface area (Å²) in [6.07, 6.45) is 3.02. The third kappa shape index (κ3) is 5.19. The second-order valence-electron chi connectivity index (χ2n) is 4.08. The van der Waals surface area contributed by atoms with E-state index in [4.69, 9.17) is 4.84 Å². The minimum absolute atomic E-state index is 0.0259. The average molecular weight is 283 g/mol. The number of amides is 4. The first-order valence-corrected chi connectivity index (χ1v) is 6.25. The van der Waals surface area contributed by atoms with Crippen molar-refractivity contribution in [3.8, 4) is 0 Å². The SMILES string of the molecule is CCCNC(=O)CONC(=O)CCN1C(=O)C=CC1=O. The lowest BCUT2D eigenvalue weighted by Gasteiger charge is -2.13. The monoisotopic (exact) mass is 283 g/mol. The predicted octanol–water partition coefficient (Wildman–Crippen LogP) is -1.12. The molecule has 0 aromatic rings. The number of hydrogen-bond donors (Lipinski definition) is 2.